The van der Waals surface area contributed by atoms with Crippen molar-refractivity contribution in [1.29, 1.82) is 0 Å². The second-order valence-corrected chi connectivity index (χ2v) is 4.74. The summed E-state index contributed by atoms with van der Waals surface area (Å²) in [5, 5.41) is 6.08. The third kappa shape index (κ3) is 3.23. The Labute approximate surface area is 116 Å². The number of carbonyl (C=O) groups excluding carboxylic acids is 2. The number of hydrogen-bond acceptors (Lipinski definition) is 5. The lowest BCUT2D eigenvalue weighted by molar-refractivity contribution is -0.141. The van der Waals surface area contributed by atoms with Gasteiger partial charge in [-0.05, 0) is 33.3 Å². The molecule has 7 heteroatoms. The topological polar surface area (TPSA) is 92.4 Å². The monoisotopic (exact) mass is 281 g/mol. The van der Waals surface area contributed by atoms with Gasteiger partial charge in [-0.3, -0.25) is 14.4 Å². The van der Waals surface area contributed by atoms with E-state index in [-0.39, 0.29) is 18.2 Å². The van der Waals surface area contributed by atoms with Crippen LogP contribution < -0.4 is 5.56 Å². The van der Waals surface area contributed by atoms with Gasteiger partial charge in [0.15, 0.2) is 0 Å². The molecular formula is C13H19N3O4. The zero-order valence-electron chi connectivity index (χ0n) is 12.3. The van der Waals surface area contributed by atoms with Gasteiger partial charge in [0.05, 0.1) is 12.8 Å². The minimum absolute atomic E-state index is 0.00935. The summed E-state index contributed by atoms with van der Waals surface area (Å²) in [4.78, 5) is 37.0. The fourth-order valence-corrected chi connectivity index (χ4v) is 1.72. The summed E-state index contributed by atoms with van der Waals surface area (Å²) in [6.07, 6.45) is 0. The number of aryl methyl sites for hydroxylation is 1. The number of rotatable bonds is 4. The number of nitrogens with zero attached hydrogens (tertiary/aromatic N) is 2. The van der Waals surface area contributed by atoms with E-state index in [9.17, 15) is 14.4 Å². The highest BCUT2D eigenvalue weighted by Crippen LogP contribution is 2.11. The van der Waals surface area contributed by atoms with Crippen molar-refractivity contribution in [1.82, 2.24) is 15.1 Å². The van der Waals surface area contributed by atoms with Crippen LogP contribution >= 0.6 is 0 Å². The molecule has 110 valence electrons. The molecule has 1 heterocycles. The van der Waals surface area contributed by atoms with Crippen LogP contribution in [0.25, 0.3) is 0 Å². The summed E-state index contributed by atoms with van der Waals surface area (Å²) >= 11 is 0. The number of H-pyrrole nitrogens is 1. The Morgan fingerprint density at radius 1 is 1.35 bits per heavy atom. The van der Waals surface area contributed by atoms with Crippen molar-refractivity contribution in [2.24, 2.45) is 0 Å². The van der Waals surface area contributed by atoms with Crippen molar-refractivity contribution >= 4 is 11.9 Å². The molecule has 0 spiro atoms. The fraction of sp³-hybridized carbons (Fsp3) is 0.538. The fourth-order valence-electron chi connectivity index (χ4n) is 1.72. The number of aromatic nitrogens is 2. The Morgan fingerprint density at radius 3 is 2.45 bits per heavy atom. The smallest absolute Gasteiger partial charge is 0.325 e. The maximum absolute atomic E-state index is 12.5. The number of aromatic amines is 1. The van der Waals surface area contributed by atoms with Crippen LogP contribution in [0.3, 0.4) is 0 Å². The molecule has 1 amide bonds. The Kier molecular flexibility index (Phi) is 5.01. The van der Waals surface area contributed by atoms with Gasteiger partial charge in [-0.1, -0.05) is 0 Å². The van der Waals surface area contributed by atoms with Crippen LogP contribution in [0, 0.1) is 13.8 Å². The van der Waals surface area contributed by atoms with Gasteiger partial charge in [-0.2, -0.15) is 5.10 Å². The van der Waals surface area contributed by atoms with Gasteiger partial charge in [0, 0.05) is 6.04 Å². The lowest BCUT2D eigenvalue weighted by Gasteiger charge is -2.25. The van der Waals surface area contributed by atoms with Crippen LogP contribution in [0.4, 0.5) is 0 Å². The van der Waals surface area contributed by atoms with Gasteiger partial charge in [0.2, 0.25) is 0 Å². The molecule has 0 saturated carbocycles. The second-order valence-electron chi connectivity index (χ2n) is 4.74. The minimum atomic E-state index is -0.561. The zero-order valence-corrected chi connectivity index (χ0v) is 12.3. The molecule has 0 unspecified atom stereocenters. The van der Waals surface area contributed by atoms with E-state index in [1.165, 1.54) is 12.0 Å². The minimum Gasteiger partial charge on any atom is -0.468 e. The standard InChI is InChI=1S/C13H19N3O4/c1-7(2)16(6-10(17)20-5)13(19)11-8(3)9(4)14-15-12(11)18/h7H,6H2,1-5H3,(H,15,18). The zero-order chi connectivity index (χ0) is 15.4. The van der Waals surface area contributed by atoms with E-state index in [2.05, 4.69) is 14.9 Å². The maximum Gasteiger partial charge on any atom is 0.325 e. The van der Waals surface area contributed by atoms with Crippen LogP contribution in [-0.2, 0) is 9.53 Å². The van der Waals surface area contributed by atoms with Crippen LogP contribution in [0.5, 0.6) is 0 Å². The quantitative estimate of drug-likeness (QED) is 0.807. The Bertz CT molecular complexity index is 577. The predicted molar refractivity (Wildman–Crippen MR) is 72.5 cm³/mol. The van der Waals surface area contributed by atoms with Crippen molar-refractivity contribution in [2.45, 2.75) is 33.7 Å². The van der Waals surface area contributed by atoms with Gasteiger partial charge in [-0.15, -0.1) is 0 Å². The summed E-state index contributed by atoms with van der Waals surface area (Å²) in [6, 6.07) is -0.242. The van der Waals surface area contributed by atoms with Crippen molar-refractivity contribution < 1.29 is 14.3 Å². The average molecular weight is 281 g/mol. The number of methoxy groups -OCH3 is 1. The van der Waals surface area contributed by atoms with Gasteiger partial charge >= 0.3 is 5.97 Å². The molecule has 7 nitrogen and oxygen atoms in total. The molecule has 1 rings (SSSR count). The molecule has 0 fully saturated rings. The number of nitrogens with one attached hydrogen (secondary N) is 1. The third-order valence-corrected chi connectivity index (χ3v) is 3.10. The molecule has 0 aliphatic rings. The highest BCUT2D eigenvalue weighted by atomic mass is 16.5. The molecule has 0 saturated heterocycles. The molecular weight excluding hydrogens is 262 g/mol. The largest absolute Gasteiger partial charge is 0.468 e. The Hall–Kier alpha value is -2.18. The lowest BCUT2D eigenvalue weighted by Crippen LogP contribution is -2.43. The van der Waals surface area contributed by atoms with E-state index in [4.69, 9.17) is 0 Å². The normalized spacial score (nSPS) is 10.5. The van der Waals surface area contributed by atoms with E-state index in [1.807, 2.05) is 0 Å². The Morgan fingerprint density at radius 2 is 1.95 bits per heavy atom. The first-order valence-corrected chi connectivity index (χ1v) is 6.23. The van der Waals surface area contributed by atoms with Gasteiger partial charge < -0.3 is 9.64 Å². The number of esters is 1. The maximum atomic E-state index is 12.5. The Balaban J connectivity index is 3.23. The number of amides is 1. The van der Waals surface area contributed by atoms with E-state index in [0.717, 1.165) is 0 Å². The van der Waals surface area contributed by atoms with Crippen molar-refractivity contribution in [3.05, 3.63) is 27.2 Å². The molecule has 1 N–H and O–H groups in total. The molecule has 0 atom stereocenters. The number of ether oxygens (including phenoxy) is 1. The highest BCUT2D eigenvalue weighted by Gasteiger charge is 2.26. The van der Waals surface area contributed by atoms with E-state index < -0.39 is 17.4 Å². The first-order valence-electron chi connectivity index (χ1n) is 6.23. The van der Waals surface area contributed by atoms with E-state index >= 15 is 0 Å². The van der Waals surface area contributed by atoms with Crippen LogP contribution in [-0.4, -0.2) is 46.7 Å². The van der Waals surface area contributed by atoms with Crippen LogP contribution in [0.15, 0.2) is 4.79 Å². The first kappa shape index (κ1) is 15.9. The molecule has 1 aromatic heterocycles. The van der Waals surface area contributed by atoms with Gasteiger partial charge in [-0.25, -0.2) is 5.10 Å². The van der Waals surface area contributed by atoms with Gasteiger partial charge in [0.25, 0.3) is 11.5 Å². The number of carbonyl (C=O) groups is 2. The summed E-state index contributed by atoms with van der Waals surface area (Å²) < 4.78 is 4.57. The molecule has 0 aromatic carbocycles. The molecule has 0 aliphatic carbocycles. The lowest BCUT2D eigenvalue weighted by atomic mass is 10.1. The SMILES string of the molecule is COC(=O)CN(C(=O)c1c(C)c(C)n[nH]c1=O)C(C)C. The molecule has 1 aromatic rings. The third-order valence-electron chi connectivity index (χ3n) is 3.10. The second kappa shape index (κ2) is 6.31. The molecule has 0 aliphatic heterocycles. The predicted octanol–water partition coefficient (Wildman–Crippen LogP) is 0.410. The molecule has 0 radical (unpaired) electrons. The van der Waals surface area contributed by atoms with Gasteiger partial charge in [0.1, 0.15) is 12.1 Å². The van der Waals surface area contributed by atoms with E-state index in [0.29, 0.717) is 11.3 Å². The van der Waals surface area contributed by atoms with Crippen molar-refractivity contribution in [2.75, 3.05) is 13.7 Å². The average Bonchev–Trinajstić information content (AvgIpc) is 2.39. The van der Waals surface area contributed by atoms with E-state index in [1.54, 1.807) is 27.7 Å². The van der Waals surface area contributed by atoms with Crippen molar-refractivity contribution in [3.63, 3.8) is 0 Å². The molecule has 20 heavy (non-hydrogen) atoms. The summed E-state index contributed by atoms with van der Waals surface area (Å²) in [5.41, 5.74) is 0.521. The summed E-state index contributed by atoms with van der Waals surface area (Å²) in [7, 11) is 1.25. The summed E-state index contributed by atoms with van der Waals surface area (Å²) in [6.45, 7) is 6.67. The summed E-state index contributed by atoms with van der Waals surface area (Å²) in [5.74, 6) is -1.04. The highest BCUT2D eigenvalue weighted by molar-refractivity contribution is 5.97. The van der Waals surface area contributed by atoms with Crippen molar-refractivity contribution in [3.8, 4) is 0 Å². The van der Waals surface area contributed by atoms with Crippen LogP contribution in [0.1, 0.15) is 35.5 Å². The van der Waals surface area contributed by atoms with Crippen LogP contribution in [0.2, 0.25) is 0 Å². The number of hydrogen-bond donors (Lipinski definition) is 1. The first-order chi connectivity index (χ1) is 9.29. The molecule has 0 bridgehead atoms.